The number of hydrogen-bond acceptors (Lipinski definition) is 2. The number of hydrogen-bond donors (Lipinski definition) is 1. The first kappa shape index (κ1) is 12.0. The number of carboxylic acid groups (broad SMARTS) is 1. The van der Waals surface area contributed by atoms with Gasteiger partial charge in [-0.05, 0) is 18.1 Å². The number of ether oxygens (including phenoxy) is 1. The van der Waals surface area contributed by atoms with Gasteiger partial charge in [-0.15, -0.1) is 0 Å². The third-order valence-corrected chi connectivity index (χ3v) is 2.26. The Morgan fingerprint density at radius 3 is 2.80 bits per heavy atom. The summed E-state index contributed by atoms with van der Waals surface area (Å²) >= 11 is 5.91. The molecule has 4 heteroatoms. The average Bonchev–Trinajstić information content (AvgIpc) is 2.20. The van der Waals surface area contributed by atoms with Gasteiger partial charge in [0.05, 0.1) is 6.61 Å². The third kappa shape index (κ3) is 4.81. The van der Waals surface area contributed by atoms with E-state index in [-0.39, 0.29) is 6.42 Å². The second kappa shape index (κ2) is 6.43. The van der Waals surface area contributed by atoms with Crippen molar-refractivity contribution in [3.05, 3.63) is 34.9 Å². The fourth-order valence-corrected chi connectivity index (χ4v) is 1.31. The Hall–Kier alpha value is -1.06. The van der Waals surface area contributed by atoms with Crippen molar-refractivity contribution >= 4 is 17.6 Å². The van der Waals surface area contributed by atoms with Crippen LogP contribution in [0.3, 0.4) is 0 Å². The largest absolute Gasteiger partial charge is 0.481 e. The minimum Gasteiger partial charge on any atom is -0.481 e. The Morgan fingerprint density at radius 1 is 1.40 bits per heavy atom. The first-order valence-electron chi connectivity index (χ1n) is 4.73. The van der Waals surface area contributed by atoms with E-state index in [2.05, 4.69) is 0 Å². The monoisotopic (exact) mass is 228 g/mol. The summed E-state index contributed by atoms with van der Waals surface area (Å²) in [5.74, 6) is -0.795. The molecule has 0 unspecified atom stereocenters. The molecule has 82 valence electrons. The van der Waals surface area contributed by atoms with E-state index in [1.54, 1.807) is 6.07 Å². The van der Waals surface area contributed by atoms with Gasteiger partial charge in [0.15, 0.2) is 0 Å². The maximum absolute atomic E-state index is 10.2. The van der Waals surface area contributed by atoms with Gasteiger partial charge in [-0.1, -0.05) is 29.8 Å². The molecule has 0 spiro atoms. The molecule has 1 aromatic carbocycles. The molecule has 0 aromatic heterocycles. The van der Waals surface area contributed by atoms with E-state index in [0.717, 1.165) is 5.56 Å². The van der Waals surface area contributed by atoms with E-state index in [1.165, 1.54) is 0 Å². The maximum Gasteiger partial charge on any atom is 0.303 e. The second-order valence-corrected chi connectivity index (χ2v) is 3.55. The summed E-state index contributed by atoms with van der Waals surface area (Å²) in [6.07, 6.45) is 0.669. The highest BCUT2D eigenvalue weighted by Crippen LogP contribution is 2.15. The van der Waals surface area contributed by atoms with Crippen LogP contribution in [0.25, 0.3) is 0 Å². The van der Waals surface area contributed by atoms with Crippen LogP contribution in [0.2, 0.25) is 5.02 Å². The van der Waals surface area contributed by atoms with Crippen LogP contribution in [0.15, 0.2) is 24.3 Å². The Morgan fingerprint density at radius 2 is 2.13 bits per heavy atom. The minimum absolute atomic E-state index is 0.141. The van der Waals surface area contributed by atoms with Crippen LogP contribution in [-0.4, -0.2) is 17.7 Å². The van der Waals surface area contributed by atoms with Crippen molar-refractivity contribution in [3.8, 4) is 0 Å². The fourth-order valence-electron chi connectivity index (χ4n) is 1.12. The van der Waals surface area contributed by atoms with E-state index in [1.807, 2.05) is 18.2 Å². The van der Waals surface area contributed by atoms with Gasteiger partial charge in [0.2, 0.25) is 0 Å². The highest BCUT2D eigenvalue weighted by atomic mass is 35.5. The molecule has 0 amide bonds. The molecule has 0 radical (unpaired) electrons. The molecular formula is C11H13ClO3. The van der Waals surface area contributed by atoms with Gasteiger partial charge in [-0.2, -0.15) is 0 Å². The zero-order chi connectivity index (χ0) is 11.1. The van der Waals surface area contributed by atoms with Crippen molar-refractivity contribution in [3.63, 3.8) is 0 Å². The van der Waals surface area contributed by atoms with E-state index in [9.17, 15) is 4.79 Å². The van der Waals surface area contributed by atoms with E-state index in [4.69, 9.17) is 21.4 Å². The lowest BCUT2D eigenvalue weighted by atomic mass is 10.2. The Labute approximate surface area is 93.6 Å². The van der Waals surface area contributed by atoms with Crippen molar-refractivity contribution in [2.75, 3.05) is 6.61 Å². The van der Waals surface area contributed by atoms with E-state index < -0.39 is 5.97 Å². The predicted octanol–water partition coefficient (Wildman–Crippen LogP) is 2.72. The van der Waals surface area contributed by atoms with Crippen LogP contribution in [-0.2, 0) is 16.1 Å². The zero-order valence-electron chi connectivity index (χ0n) is 8.28. The summed E-state index contributed by atoms with van der Waals surface area (Å²) in [5, 5.41) is 9.07. The van der Waals surface area contributed by atoms with E-state index in [0.29, 0.717) is 24.7 Å². The predicted molar refractivity (Wildman–Crippen MR) is 58.0 cm³/mol. The lowest BCUT2D eigenvalue weighted by Crippen LogP contribution is -2.00. The minimum atomic E-state index is -0.795. The quantitative estimate of drug-likeness (QED) is 0.762. The van der Waals surface area contributed by atoms with Crippen LogP contribution in [0.4, 0.5) is 0 Å². The molecule has 0 bridgehead atoms. The molecule has 0 saturated heterocycles. The number of carbonyl (C=O) groups is 1. The fraction of sp³-hybridized carbons (Fsp3) is 0.364. The molecule has 0 saturated carbocycles. The topological polar surface area (TPSA) is 46.5 Å². The van der Waals surface area contributed by atoms with Crippen LogP contribution in [0.1, 0.15) is 18.4 Å². The van der Waals surface area contributed by atoms with Crippen molar-refractivity contribution in [2.45, 2.75) is 19.4 Å². The standard InChI is InChI=1S/C11H13ClO3/c12-10-5-2-1-4-9(10)8-15-7-3-6-11(13)14/h1-2,4-5H,3,6-8H2,(H,13,14). The number of rotatable bonds is 6. The first-order chi connectivity index (χ1) is 7.20. The molecule has 0 fully saturated rings. The van der Waals surface area contributed by atoms with Crippen LogP contribution >= 0.6 is 11.6 Å². The number of halogens is 1. The molecule has 1 rings (SSSR count). The number of aliphatic carboxylic acids is 1. The highest BCUT2D eigenvalue weighted by molar-refractivity contribution is 6.31. The highest BCUT2D eigenvalue weighted by Gasteiger charge is 1.99. The van der Waals surface area contributed by atoms with Gasteiger partial charge in [-0.25, -0.2) is 0 Å². The molecule has 0 heterocycles. The van der Waals surface area contributed by atoms with Gasteiger partial charge < -0.3 is 9.84 Å². The molecule has 1 N–H and O–H groups in total. The van der Waals surface area contributed by atoms with Crippen molar-refractivity contribution < 1.29 is 14.6 Å². The summed E-state index contributed by atoms with van der Waals surface area (Å²) in [4.78, 5) is 10.2. The Bertz CT molecular complexity index is 325. The Kier molecular flexibility index (Phi) is 5.15. The molecule has 0 atom stereocenters. The van der Waals surface area contributed by atoms with Gasteiger partial charge in [0, 0.05) is 18.1 Å². The first-order valence-corrected chi connectivity index (χ1v) is 5.11. The van der Waals surface area contributed by atoms with Crippen molar-refractivity contribution in [1.82, 2.24) is 0 Å². The molecule has 15 heavy (non-hydrogen) atoms. The molecule has 0 aliphatic carbocycles. The van der Waals surface area contributed by atoms with Crippen molar-refractivity contribution in [1.29, 1.82) is 0 Å². The number of carboxylic acids is 1. The van der Waals surface area contributed by atoms with Crippen LogP contribution < -0.4 is 0 Å². The maximum atomic E-state index is 10.2. The van der Waals surface area contributed by atoms with Crippen LogP contribution in [0.5, 0.6) is 0 Å². The van der Waals surface area contributed by atoms with Gasteiger partial charge >= 0.3 is 5.97 Å². The normalized spacial score (nSPS) is 10.2. The lowest BCUT2D eigenvalue weighted by Gasteiger charge is -2.04. The average molecular weight is 229 g/mol. The summed E-state index contributed by atoms with van der Waals surface area (Å²) in [7, 11) is 0. The van der Waals surface area contributed by atoms with E-state index >= 15 is 0 Å². The third-order valence-electron chi connectivity index (χ3n) is 1.89. The summed E-state index contributed by atoms with van der Waals surface area (Å²) in [5.41, 5.74) is 0.925. The zero-order valence-corrected chi connectivity index (χ0v) is 9.04. The molecule has 0 aliphatic rings. The molecule has 0 aliphatic heterocycles. The molecular weight excluding hydrogens is 216 g/mol. The van der Waals surface area contributed by atoms with Crippen molar-refractivity contribution in [2.24, 2.45) is 0 Å². The van der Waals surface area contributed by atoms with Crippen LogP contribution in [0, 0.1) is 0 Å². The number of benzene rings is 1. The molecule has 3 nitrogen and oxygen atoms in total. The van der Waals surface area contributed by atoms with Gasteiger partial charge in [0.25, 0.3) is 0 Å². The lowest BCUT2D eigenvalue weighted by molar-refractivity contribution is -0.137. The van der Waals surface area contributed by atoms with Gasteiger partial charge in [0.1, 0.15) is 0 Å². The van der Waals surface area contributed by atoms with Gasteiger partial charge in [-0.3, -0.25) is 4.79 Å². The SMILES string of the molecule is O=C(O)CCCOCc1ccccc1Cl. The smallest absolute Gasteiger partial charge is 0.303 e. The molecule has 1 aromatic rings. The summed E-state index contributed by atoms with van der Waals surface area (Å²) in [6.45, 7) is 0.872. The summed E-state index contributed by atoms with van der Waals surface area (Å²) in [6, 6.07) is 7.44. The second-order valence-electron chi connectivity index (χ2n) is 3.14. The Balaban J connectivity index is 2.21. The summed E-state index contributed by atoms with van der Waals surface area (Å²) < 4.78 is 5.30.